The van der Waals surface area contributed by atoms with Gasteiger partial charge in [-0.3, -0.25) is 9.79 Å². The first-order valence-electron chi connectivity index (χ1n) is 8.61. The number of carbonyl (C=O) groups is 1. The Morgan fingerprint density at radius 3 is 2.52 bits per heavy atom. The van der Waals surface area contributed by atoms with Gasteiger partial charge in [0, 0.05) is 31.0 Å². The summed E-state index contributed by atoms with van der Waals surface area (Å²) in [5, 5.41) is 0. The largest absolute Gasteiger partial charge is 0.416 e. The molecule has 1 heterocycles. The lowest BCUT2D eigenvalue weighted by Gasteiger charge is -2.32. The van der Waals surface area contributed by atoms with Gasteiger partial charge in [0.05, 0.1) is 16.9 Å². The number of benzene rings is 2. The van der Waals surface area contributed by atoms with Gasteiger partial charge < -0.3 is 9.64 Å². The van der Waals surface area contributed by atoms with Gasteiger partial charge in [0.2, 0.25) is 6.41 Å². The van der Waals surface area contributed by atoms with E-state index in [1.165, 1.54) is 18.3 Å². The first-order chi connectivity index (χ1) is 13.0. The lowest BCUT2D eigenvalue weighted by Crippen LogP contribution is -2.39. The van der Waals surface area contributed by atoms with Crippen LogP contribution in [0.25, 0.3) is 0 Å². The summed E-state index contributed by atoms with van der Waals surface area (Å²) in [4.78, 5) is 17.5. The van der Waals surface area contributed by atoms with Gasteiger partial charge in [-0.2, -0.15) is 13.2 Å². The van der Waals surface area contributed by atoms with Crippen LogP contribution in [-0.2, 0) is 15.7 Å². The molecule has 0 saturated carbocycles. The Labute approximate surface area is 155 Å². The Hall–Kier alpha value is -2.67. The molecule has 2 aromatic carbocycles. The molecule has 4 nitrogen and oxygen atoms in total. The number of hydrogen-bond acceptors (Lipinski definition) is 3. The number of hydrogen-bond donors (Lipinski definition) is 0. The van der Waals surface area contributed by atoms with Crippen molar-refractivity contribution in [2.45, 2.75) is 25.1 Å². The quantitative estimate of drug-likeness (QED) is 0.565. The van der Waals surface area contributed by atoms with Crippen LogP contribution in [0.15, 0.2) is 53.5 Å². The van der Waals surface area contributed by atoms with Crippen LogP contribution in [0.4, 0.5) is 24.5 Å². The maximum absolute atomic E-state index is 12.8. The Bertz CT molecular complexity index is 815. The number of amides is 1. The Kier molecular flexibility index (Phi) is 5.91. The van der Waals surface area contributed by atoms with Crippen LogP contribution < -0.4 is 4.90 Å². The normalized spacial score (nSPS) is 15.8. The molecule has 0 aromatic heterocycles. The van der Waals surface area contributed by atoms with Crippen LogP contribution >= 0.6 is 0 Å². The highest BCUT2D eigenvalue weighted by Crippen LogP contribution is 2.31. The minimum absolute atomic E-state index is 0.0272. The average Bonchev–Trinajstić information content (AvgIpc) is 2.68. The van der Waals surface area contributed by atoms with Crippen molar-refractivity contribution in [3.8, 4) is 0 Å². The first-order valence-corrected chi connectivity index (χ1v) is 8.61. The average molecular weight is 376 g/mol. The highest BCUT2D eigenvalue weighted by molar-refractivity contribution is 5.93. The maximum atomic E-state index is 12.8. The van der Waals surface area contributed by atoms with E-state index in [2.05, 4.69) is 4.99 Å². The van der Waals surface area contributed by atoms with Gasteiger partial charge in [-0.05, 0) is 37.1 Å². The van der Waals surface area contributed by atoms with Gasteiger partial charge in [-0.15, -0.1) is 0 Å². The lowest BCUT2D eigenvalue weighted by molar-refractivity contribution is -0.137. The van der Waals surface area contributed by atoms with Gasteiger partial charge in [0.1, 0.15) is 0 Å². The van der Waals surface area contributed by atoms with Crippen LogP contribution in [0.3, 0.4) is 0 Å². The van der Waals surface area contributed by atoms with Crippen molar-refractivity contribution in [3.05, 3.63) is 59.7 Å². The first kappa shape index (κ1) is 19.1. The van der Waals surface area contributed by atoms with Crippen molar-refractivity contribution in [1.82, 2.24) is 0 Å². The molecule has 142 valence electrons. The summed E-state index contributed by atoms with van der Waals surface area (Å²) in [6, 6.07) is 12.0. The number of rotatable bonds is 5. The summed E-state index contributed by atoms with van der Waals surface area (Å²) in [7, 11) is 0. The topological polar surface area (TPSA) is 41.9 Å². The van der Waals surface area contributed by atoms with Crippen molar-refractivity contribution in [1.29, 1.82) is 0 Å². The van der Waals surface area contributed by atoms with E-state index in [4.69, 9.17) is 4.74 Å². The molecular formula is C20H19F3N2O2. The smallest absolute Gasteiger partial charge is 0.381 e. The molecule has 0 aliphatic carbocycles. The molecule has 1 saturated heterocycles. The zero-order valence-corrected chi connectivity index (χ0v) is 14.5. The number of alkyl halides is 3. The van der Waals surface area contributed by atoms with E-state index in [0.717, 1.165) is 31.4 Å². The van der Waals surface area contributed by atoms with Crippen molar-refractivity contribution < 1.29 is 22.7 Å². The Morgan fingerprint density at radius 2 is 1.81 bits per heavy atom. The number of para-hydroxylation sites is 1. The molecule has 0 N–H and O–H groups in total. The SMILES string of the molecule is O=CN(c1ccccc1/C=N/c1cccc(C(F)(F)F)c1)C1CCOCC1. The van der Waals surface area contributed by atoms with Gasteiger partial charge in [-0.1, -0.05) is 24.3 Å². The van der Waals surface area contributed by atoms with E-state index in [-0.39, 0.29) is 11.7 Å². The monoisotopic (exact) mass is 376 g/mol. The van der Waals surface area contributed by atoms with E-state index in [1.807, 2.05) is 6.07 Å². The zero-order valence-electron chi connectivity index (χ0n) is 14.5. The molecule has 0 atom stereocenters. The molecule has 27 heavy (non-hydrogen) atoms. The fourth-order valence-electron chi connectivity index (χ4n) is 3.04. The number of halogens is 3. The standard InChI is InChI=1S/C20H19F3N2O2/c21-20(22,23)16-5-3-6-17(12-16)24-13-15-4-1-2-7-19(15)25(14-26)18-8-10-27-11-9-18/h1-7,12-14,18H,8-11H2/b24-13+. The predicted octanol–water partition coefficient (Wildman–Crippen LogP) is 4.60. The Morgan fingerprint density at radius 1 is 1.07 bits per heavy atom. The minimum atomic E-state index is -4.42. The zero-order chi connectivity index (χ0) is 19.3. The molecule has 0 unspecified atom stereocenters. The number of aliphatic imine (C=N–C) groups is 1. The van der Waals surface area contributed by atoms with Crippen molar-refractivity contribution in [2.75, 3.05) is 18.1 Å². The van der Waals surface area contributed by atoms with Crippen LogP contribution in [0.1, 0.15) is 24.0 Å². The van der Waals surface area contributed by atoms with Crippen LogP contribution in [-0.4, -0.2) is 31.9 Å². The van der Waals surface area contributed by atoms with Gasteiger partial charge >= 0.3 is 6.18 Å². The third-order valence-corrected chi connectivity index (χ3v) is 4.44. The highest BCUT2D eigenvalue weighted by Gasteiger charge is 2.30. The predicted molar refractivity (Wildman–Crippen MR) is 97.5 cm³/mol. The second-order valence-electron chi connectivity index (χ2n) is 6.22. The van der Waals surface area contributed by atoms with Crippen molar-refractivity contribution in [3.63, 3.8) is 0 Å². The third-order valence-electron chi connectivity index (χ3n) is 4.44. The van der Waals surface area contributed by atoms with E-state index >= 15 is 0 Å². The molecule has 1 amide bonds. The van der Waals surface area contributed by atoms with Crippen molar-refractivity contribution >= 4 is 24.0 Å². The molecule has 1 aliphatic heterocycles. The maximum Gasteiger partial charge on any atom is 0.416 e. The number of carbonyl (C=O) groups excluding carboxylic acids is 1. The van der Waals surface area contributed by atoms with Crippen molar-refractivity contribution in [2.24, 2.45) is 4.99 Å². The molecule has 3 rings (SSSR count). The fourth-order valence-corrected chi connectivity index (χ4v) is 3.04. The lowest BCUT2D eigenvalue weighted by atomic mass is 10.1. The molecule has 2 aromatic rings. The van der Waals surface area contributed by atoms with E-state index < -0.39 is 11.7 Å². The van der Waals surface area contributed by atoms with Gasteiger partial charge in [0.15, 0.2) is 0 Å². The number of nitrogens with zero attached hydrogens (tertiary/aromatic N) is 2. The third kappa shape index (κ3) is 4.74. The number of ether oxygens (including phenoxy) is 1. The Balaban J connectivity index is 1.87. The fraction of sp³-hybridized carbons (Fsp3) is 0.300. The molecule has 1 aliphatic rings. The second kappa shape index (κ2) is 8.35. The molecule has 7 heteroatoms. The van der Waals surface area contributed by atoms with Crippen LogP contribution in [0.2, 0.25) is 0 Å². The molecule has 0 radical (unpaired) electrons. The van der Waals surface area contributed by atoms with E-state index in [1.54, 1.807) is 23.1 Å². The van der Waals surface area contributed by atoms with Crippen LogP contribution in [0.5, 0.6) is 0 Å². The van der Waals surface area contributed by atoms with Crippen LogP contribution in [0, 0.1) is 0 Å². The molecular weight excluding hydrogens is 357 g/mol. The minimum Gasteiger partial charge on any atom is -0.381 e. The summed E-state index contributed by atoms with van der Waals surface area (Å²) in [6.45, 7) is 1.19. The molecule has 0 spiro atoms. The molecule has 1 fully saturated rings. The summed E-state index contributed by atoms with van der Waals surface area (Å²) in [5.74, 6) is 0. The highest BCUT2D eigenvalue weighted by atomic mass is 19.4. The number of anilines is 1. The summed E-state index contributed by atoms with van der Waals surface area (Å²) in [6.07, 6.45) is -0.677. The van der Waals surface area contributed by atoms with Gasteiger partial charge in [0.25, 0.3) is 0 Å². The summed E-state index contributed by atoms with van der Waals surface area (Å²) in [5.41, 5.74) is 0.786. The van der Waals surface area contributed by atoms with E-state index in [0.29, 0.717) is 24.5 Å². The molecule has 0 bridgehead atoms. The van der Waals surface area contributed by atoms with Gasteiger partial charge in [-0.25, -0.2) is 0 Å². The summed E-state index contributed by atoms with van der Waals surface area (Å²) >= 11 is 0. The van der Waals surface area contributed by atoms with E-state index in [9.17, 15) is 18.0 Å². The second-order valence-corrected chi connectivity index (χ2v) is 6.22. The summed E-state index contributed by atoms with van der Waals surface area (Å²) < 4.78 is 43.9.